The average Bonchev–Trinajstić information content (AvgIpc) is 2.31. The molecule has 1 aliphatic rings. The molecule has 1 fully saturated rings. The zero-order valence-corrected chi connectivity index (χ0v) is 11.2. The smallest absolute Gasteiger partial charge is 0.325 e. The second kappa shape index (κ2) is 7.33. The van der Waals surface area contributed by atoms with Crippen LogP contribution in [0.25, 0.3) is 0 Å². The molecule has 1 amide bonds. The van der Waals surface area contributed by atoms with Crippen LogP contribution in [0.3, 0.4) is 0 Å². The zero-order valence-electron chi connectivity index (χ0n) is 11.2. The van der Waals surface area contributed by atoms with Gasteiger partial charge in [-0.15, -0.1) is 0 Å². The van der Waals surface area contributed by atoms with Crippen LogP contribution in [0.2, 0.25) is 0 Å². The number of nitrogens with zero attached hydrogens (tertiary/aromatic N) is 2. The van der Waals surface area contributed by atoms with Gasteiger partial charge in [0, 0.05) is 32.6 Å². The number of likely N-dealkylation sites (N-methyl/N-ethyl adjacent to an activating group) is 1. The van der Waals surface area contributed by atoms with Crippen molar-refractivity contribution < 1.29 is 14.7 Å². The summed E-state index contributed by atoms with van der Waals surface area (Å²) in [5, 5.41) is 11.1. The molecule has 0 aromatic heterocycles. The first kappa shape index (κ1) is 14.9. The maximum atomic E-state index is 11.5. The van der Waals surface area contributed by atoms with Gasteiger partial charge in [-0.2, -0.15) is 0 Å². The first-order valence-electron chi connectivity index (χ1n) is 6.42. The van der Waals surface area contributed by atoms with Gasteiger partial charge in [0.2, 0.25) is 5.91 Å². The molecule has 1 rings (SSSR count). The molecule has 18 heavy (non-hydrogen) atoms. The summed E-state index contributed by atoms with van der Waals surface area (Å²) in [6.45, 7) is 6.61. The predicted octanol–water partition coefficient (Wildman–Crippen LogP) is -0.397. The van der Waals surface area contributed by atoms with Gasteiger partial charge in [0.05, 0.1) is 0 Å². The molecule has 0 radical (unpaired) electrons. The molecular weight excluding hydrogens is 234 g/mol. The lowest BCUT2D eigenvalue weighted by Gasteiger charge is -2.32. The number of carboxylic acids is 1. The minimum absolute atomic E-state index is 0.181. The molecule has 0 spiro atoms. The molecule has 0 aromatic rings. The van der Waals surface area contributed by atoms with Gasteiger partial charge in [-0.1, -0.05) is 0 Å². The molecule has 0 saturated carbocycles. The van der Waals surface area contributed by atoms with Crippen molar-refractivity contribution in [2.75, 3.05) is 39.8 Å². The minimum atomic E-state index is -0.998. The first-order valence-corrected chi connectivity index (χ1v) is 6.42. The standard InChI is InChI=1S/C12H23N3O3/c1-10(12(17)18)13-11(16)4-3-5-15-8-6-14(2)7-9-15/h10H,3-9H2,1-2H3,(H,13,16)(H,17,18). The number of carboxylic acid groups (broad SMARTS) is 1. The van der Waals surface area contributed by atoms with Gasteiger partial charge >= 0.3 is 5.97 Å². The maximum absolute atomic E-state index is 11.5. The van der Waals surface area contributed by atoms with Gasteiger partial charge in [0.15, 0.2) is 0 Å². The van der Waals surface area contributed by atoms with Crippen LogP contribution in [0.15, 0.2) is 0 Å². The summed E-state index contributed by atoms with van der Waals surface area (Å²) in [5.74, 6) is -1.18. The lowest BCUT2D eigenvalue weighted by molar-refractivity contribution is -0.141. The third-order valence-corrected chi connectivity index (χ3v) is 3.22. The number of amides is 1. The van der Waals surface area contributed by atoms with Crippen molar-refractivity contribution in [3.63, 3.8) is 0 Å². The SMILES string of the molecule is CC(NC(=O)CCCN1CCN(C)CC1)C(=O)O. The number of nitrogens with one attached hydrogen (secondary N) is 1. The Kier molecular flexibility index (Phi) is 6.07. The second-order valence-corrected chi connectivity index (χ2v) is 4.88. The van der Waals surface area contributed by atoms with Crippen LogP contribution in [-0.4, -0.2) is 72.6 Å². The van der Waals surface area contributed by atoms with Crippen molar-refractivity contribution >= 4 is 11.9 Å². The third kappa shape index (κ3) is 5.46. The van der Waals surface area contributed by atoms with Crippen molar-refractivity contribution in [3.05, 3.63) is 0 Å². The number of carbonyl (C=O) groups is 2. The van der Waals surface area contributed by atoms with E-state index >= 15 is 0 Å². The largest absolute Gasteiger partial charge is 0.480 e. The van der Waals surface area contributed by atoms with E-state index in [-0.39, 0.29) is 5.91 Å². The average molecular weight is 257 g/mol. The summed E-state index contributed by atoms with van der Waals surface area (Å²) in [4.78, 5) is 26.6. The van der Waals surface area contributed by atoms with Gasteiger partial charge < -0.3 is 20.2 Å². The van der Waals surface area contributed by atoms with E-state index in [9.17, 15) is 9.59 Å². The fraction of sp³-hybridized carbons (Fsp3) is 0.833. The summed E-state index contributed by atoms with van der Waals surface area (Å²) < 4.78 is 0. The van der Waals surface area contributed by atoms with Gasteiger partial charge in [0.25, 0.3) is 0 Å². The number of rotatable bonds is 6. The molecule has 1 saturated heterocycles. The molecule has 2 N–H and O–H groups in total. The minimum Gasteiger partial charge on any atom is -0.480 e. The van der Waals surface area contributed by atoms with Crippen LogP contribution < -0.4 is 5.32 Å². The Balaban J connectivity index is 2.10. The molecule has 6 heteroatoms. The van der Waals surface area contributed by atoms with Crippen LogP contribution in [0.4, 0.5) is 0 Å². The summed E-state index contributed by atoms with van der Waals surface area (Å²) in [5.41, 5.74) is 0. The molecule has 0 aliphatic carbocycles. The molecule has 104 valence electrons. The molecule has 1 atom stereocenters. The van der Waals surface area contributed by atoms with Crippen LogP contribution in [-0.2, 0) is 9.59 Å². The van der Waals surface area contributed by atoms with Crippen molar-refractivity contribution in [3.8, 4) is 0 Å². The molecule has 1 aliphatic heterocycles. The Morgan fingerprint density at radius 1 is 1.28 bits per heavy atom. The van der Waals surface area contributed by atoms with E-state index in [1.54, 1.807) is 0 Å². The predicted molar refractivity (Wildman–Crippen MR) is 68.4 cm³/mol. The van der Waals surface area contributed by atoms with Crippen LogP contribution in [0.5, 0.6) is 0 Å². The zero-order chi connectivity index (χ0) is 13.5. The van der Waals surface area contributed by atoms with E-state index in [1.807, 2.05) is 0 Å². The molecular formula is C12H23N3O3. The highest BCUT2D eigenvalue weighted by Gasteiger charge is 2.15. The Morgan fingerprint density at radius 3 is 2.44 bits per heavy atom. The topological polar surface area (TPSA) is 72.9 Å². The number of carbonyl (C=O) groups excluding carboxylic acids is 1. The van der Waals surface area contributed by atoms with Crippen LogP contribution in [0, 0.1) is 0 Å². The number of aliphatic carboxylic acids is 1. The highest BCUT2D eigenvalue weighted by Crippen LogP contribution is 2.01. The first-order chi connectivity index (χ1) is 8.49. The molecule has 1 heterocycles. The second-order valence-electron chi connectivity index (χ2n) is 4.88. The van der Waals surface area contributed by atoms with Crippen molar-refractivity contribution in [1.29, 1.82) is 0 Å². The summed E-state index contributed by atoms with van der Waals surface area (Å²) in [7, 11) is 2.11. The lowest BCUT2D eigenvalue weighted by atomic mass is 10.2. The van der Waals surface area contributed by atoms with Gasteiger partial charge in [-0.25, -0.2) is 0 Å². The number of piperazine rings is 1. The van der Waals surface area contributed by atoms with Crippen LogP contribution >= 0.6 is 0 Å². The Morgan fingerprint density at radius 2 is 1.89 bits per heavy atom. The van der Waals surface area contributed by atoms with Crippen molar-refractivity contribution in [2.45, 2.75) is 25.8 Å². The normalized spacial score (nSPS) is 19.4. The van der Waals surface area contributed by atoms with Gasteiger partial charge in [0.1, 0.15) is 6.04 Å². The van der Waals surface area contributed by atoms with Crippen molar-refractivity contribution in [1.82, 2.24) is 15.1 Å². The Bertz CT molecular complexity index is 288. The third-order valence-electron chi connectivity index (χ3n) is 3.22. The quantitative estimate of drug-likeness (QED) is 0.677. The van der Waals surface area contributed by atoms with Crippen LogP contribution in [0.1, 0.15) is 19.8 Å². The van der Waals surface area contributed by atoms with Gasteiger partial charge in [-0.3, -0.25) is 9.59 Å². The fourth-order valence-corrected chi connectivity index (χ4v) is 1.91. The van der Waals surface area contributed by atoms with E-state index in [1.165, 1.54) is 6.92 Å². The number of hydrogen-bond donors (Lipinski definition) is 2. The molecule has 6 nitrogen and oxygen atoms in total. The molecule has 1 unspecified atom stereocenters. The molecule has 0 bridgehead atoms. The maximum Gasteiger partial charge on any atom is 0.325 e. The van der Waals surface area contributed by atoms with E-state index in [0.717, 1.165) is 39.1 Å². The Hall–Kier alpha value is -1.14. The van der Waals surface area contributed by atoms with Crippen molar-refractivity contribution in [2.24, 2.45) is 0 Å². The molecule has 0 aromatic carbocycles. The monoisotopic (exact) mass is 257 g/mol. The fourth-order valence-electron chi connectivity index (χ4n) is 1.91. The highest BCUT2D eigenvalue weighted by molar-refractivity contribution is 5.83. The summed E-state index contributed by atoms with van der Waals surface area (Å²) in [6, 6.07) is -0.805. The van der Waals surface area contributed by atoms with E-state index in [2.05, 4.69) is 22.2 Å². The van der Waals surface area contributed by atoms with E-state index < -0.39 is 12.0 Å². The summed E-state index contributed by atoms with van der Waals surface area (Å²) >= 11 is 0. The van der Waals surface area contributed by atoms with Gasteiger partial charge in [-0.05, 0) is 26.9 Å². The number of hydrogen-bond acceptors (Lipinski definition) is 4. The van der Waals surface area contributed by atoms with E-state index in [4.69, 9.17) is 5.11 Å². The lowest BCUT2D eigenvalue weighted by Crippen LogP contribution is -2.45. The summed E-state index contributed by atoms with van der Waals surface area (Å²) in [6.07, 6.45) is 1.17. The van der Waals surface area contributed by atoms with E-state index in [0.29, 0.717) is 6.42 Å². The highest BCUT2D eigenvalue weighted by atomic mass is 16.4. The Labute approximate surface area is 108 Å².